The van der Waals surface area contributed by atoms with Gasteiger partial charge in [-0.2, -0.15) is 0 Å². The number of aromatic amines is 1. The summed E-state index contributed by atoms with van der Waals surface area (Å²) in [6.45, 7) is 7.14. The van der Waals surface area contributed by atoms with Gasteiger partial charge in [-0.25, -0.2) is 4.79 Å². The molecule has 2 rings (SSSR count). The van der Waals surface area contributed by atoms with Crippen LogP contribution in [0.1, 0.15) is 51.9 Å². The Hall–Kier alpha value is -1.78. The summed E-state index contributed by atoms with van der Waals surface area (Å²) in [5.41, 5.74) is 1.81. The van der Waals surface area contributed by atoms with Crippen molar-refractivity contribution in [3.8, 4) is 0 Å². The first kappa shape index (κ1) is 13.6. The van der Waals surface area contributed by atoms with E-state index in [0.29, 0.717) is 22.7 Å². The maximum absolute atomic E-state index is 12.5. The Bertz CT molecular complexity index is 511. The van der Waals surface area contributed by atoms with Gasteiger partial charge in [-0.05, 0) is 38.2 Å². The van der Waals surface area contributed by atoms with Crippen molar-refractivity contribution in [2.45, 2.75) is 33.6 Å². The number of hydrogen-bond donors (Lipinski definition) is 2. The molecular formula is C14H20N2O3. The Balaban J connectivity index is 2.27. The summed E-state index contributed by atoms with van der Waals surface area (Å²) in [4.78, 5) is 28.2. The number of H-pyrrole nitrogens is 1. The van der Waals surface area contributed by atoms with Crippen molar-refractivity contribution in [1.29, 1.82) is 0 Å². The number of nitrogens with zero attached hydrogens (tertiary/aromatic N) is 1. The van der Waals surface area contributed by atoms with Gasteiger partial charge in [0.1, 0.15) is 5.69 Å². The van der Waals surface area contributed by atoms with Gasteiger partial charge in [0, 0.05) is 18.8 Å². The first-order valence-corrected chi connectivity index (χ1v) is 6.63. The van der Waals surface area contributed by atoms with Crippen molar-refractivity contribution in [3.05, 3.63) is 22.5 Å². The van der Waals surface area contributed by atoms with Crippen molar-refractivity contribution in [2.75, 3.05) is 13.1 Å². The minimum absolute atomic E-state index is 0.0503. The van der Waals surface area contributed by atoms with Crippen LogP contribution in [0.2, 0.25) is 0 Å². The molecule has 0 spiro atoms. The van der Waals surface area contributed by atoms with Gasteiger partial charge in [0.15, 0.2) is 0 Å². The molecule has 19 heavy (non-hydrogen) atoms. The molecule has 0 radical (unpaired) electrons. The predicted octanol–water partition coefficient (Wildman–Crippen LogP) is 2.20. The average molecular weight is 264 g/mol. The van der Waals surface area contributed by atoms with E-state index >= 15 is 0 Å². The van der Waals surface area contributed by atoms with Gasteiger partial charge in [-0.15, -0.1) is 0 Å². The maximum Gasteiger partial charge on any atom is 0.352 e. The van der Waals surface area contributed by atoms with Crippen LogP contribution in [0.3, 0.4) is 0 Å². The van der Waals surface area contributed by atoms with E-state index in [0.717, 1.165) is 25.9 Å². The van der Waals surface area contributed by atoms with Crippen molar-refractivity contribution in [2.24, 2.45) is 5.92 Å². The summed E-state index contributed by atoms with van der Waals surface area (Å²) >= 11 is 0. The Morgan fingerprint density at radius 2 is 1.84 bits per heavy atom. The molecule has 1 aliphatic heterocycles. The van der Waals surface area contributed by atoms with E-state index in [1.54, 1.807) is 13.8 Å². The maximum atomic E-state index is 12.5. The normalized spacial score (nSPS) is 16.7. The Morgan fingerprint density at radius 3 is 2.32 bits per heavy atom. The number of nitrogens with one attached hydrogen (secondary N) is 1. The molecule has 1 fully saturated rings. The highest BCUT2D eigenvalue weighted by Crippen LogP contribution is 2.23. The van der Waals surface area contributed by atoms with Crippen molar-refractivity contribution >= 4 is 11.9 Å². The fraction of sp³-hybridized carbons (Fsp3) is 0.571. The number of aryl methyl sites for hydroxylation is 1. The molecule has 0 unspecified atom stereocenters. The summed E-state index contributed by atoms with van der Waals surface area (Å²) < 4.78 is 0. The summed E-state index contributed by atoms with van der Waals surface area (Å²) in [5, 5.41) is 9.07. The third-order valence-corrected chi connectivity index (χ3v) is 3.94. The molecule has 1 aromatic rings. The van der Waals surface area contributed by atoms with Crippen molar-refractivity contribution < 1.29 is 14.7 Å². The van der Waals surface area contributed by atoms with Gasteiger partial charge >= 0.3 is 5.97 Å². The lowest BCUT2D eigenvalue weighted by molar-refractivity contribution is 0.0688. The highest BCUT2D eigenvalue weighted by atomic mass is 16.4. The van der Waals surface area contributed by atoms with Gasteiger partial charge in [-0.3, -0.25) is 4.79 Å². The van der Waals surface area contributed by atoms with Gasteiger partial charge in [0.25, 0.3) is 5.91 Å². The second-order valence-electron chi connectivity index (χ2n) is 5.40. The van der Waals surface area contributed by atoms with E-state index in [4.69, 9.17) is 5.11 Å². The first-order chi connectivity index (χ1) is 8.91. The summed E-state index contributed by atoms with van der Waals surface area (Å²) in [6.07, 6.45) is 2.03. The molecule has 0 atom stereocenters. The summed E-state index contributed by atoms with van der Waals surface area (Å²) in [6, 6.07) is 0. The van der Waals surface area contributed by atoms with E-state index in [2.05, 4.69) is 11.9 Å². The lowest BCUT2D eigenvalue weighted by Crippen LogP contribution is -2.38. The predicted molar refractivity (Wildman–Crippen MR) is 71.5 cm³/mol. The van der Waals surface area contributed by atoms with Crippen LogP contribution in [0.5, 0.6) is 0 Å². The molecule has 1 amide bonds. The number of hydrogen-bond acceptors (Lipinski definition) is 2. The number of aromatic carboxylic acids is 1. The third kappa shape index (κ3) is 2.50. The average Bonchev–Trinajstić information content (AvgIpc) is 2.65. The highest BCUT2D eigenvalue weighted by Gasteiger charge is 2.27. The molecule has 1 aromatic heterocycles. The number of amides is 1. The SMILES string of the molecule is Cc1[nH]c(C(=O)O)c(C)c1C(=O)N1CCC(C)CC1. The van der Waals surface area contributed by atoms with Crippen LogP contribution in [-0.4, -0.2) is 40.0 Å². The molecular weight excluding hydrogens is 244 g/mol. The smallest absolute Gasteiger partial charge is 0.352 e. The van der Waals surface area contributed by atoms with E-state index in [1.807, 2.05) is 4.90 Å². The number of carbonyl (C=O) groups excluding carboxylic acids is 1. The second kappa shape index (κ2) is 5.07. The van der Waals surface area contributed by atoms with Gasteiger partial charge < -0.3 is 15.0 Å². The highest BCUT2D eigenvalue weighted by molar-refractivity contribution is 6.00. The van der Waals surface area contributed by atoms with Crippen LogP contribution in [0.15, 0.2) is 0 Å². The molecule has 0 saturated carbocycles. The molecule has 2 N–H and O–H groups in total. The summed E-state index contributed by atoms with van der Waals surface area (Å²) in [7, 11) is 0. The van der Waals surface area contributed by atoms with Gasteiger partial charge in [0.05, 0.1) is 5.56 Å². The largest absolute Gasteiger partial charge is 0.477 e. The molecule has 1 aliphatic rings. The number of rotatable bonds is 2. The molecule has 0 aliphatic carbocycles. The number of likely N-dealkylation sites (tertiary alicyclic amines) is 1. The number of carboxylic acid groups (broad SMARTS) is 1. The second-order valence-corrected chi connectivity index (χ2v) is 5.40. The zero-order valence-corrected chi connectivity index (χ0v) is 11.6. The zero-order chi connectivity index (χ0) is 14.2. The van der Waals surface area contributed by atoms with Crippen LogP contribution in [0.4, 0.5) is 0 Å². The van der Waals surface area contributed by atoms with Crippen LogP contribution in [-0.2, 0) is 0 Å². The van der Waals surface area contributed by atoms with Crippen molar-refractivity contribution in [3.63, 3.8) is 0 Å². The monoisotopic (exact) mass is 264 g/mol. The lowest BCUT2D eigenvalue weighted by atomic mass is 9.98. The topological polar surface area (TPSA) is 73.4 Å². The number of carbonyl (C=O) groups is 2. The molecule has 1 saturated heterocycles. The van der Waals surface area contributed by atoms with Gasteiger partial charge in [-0.1, -0.05) is 6.92 Å². The fourth-order valence-electron chi connectivity index (χ4n) is 2.65. The molecule has 5 heteroatoms. The van der Waals surface area contributed by atoms with Crippen molar-refractivity contribution in [1.82, 2.24) is 9.88 Å². The van der Waals surface area contributed by atoms with Crippen LogP contribution < -0.4 is 0 Å². The molecule has 2 heterocycles. The molecule has 104 valence electrons. The quantitative estimate of drug-likeness (QED) is 0.860. The minimum Gasteiger partial charge on any atom is -0.477 e. The van der Waals surface area contributed by atoms with E-state index < -0.39 is 5.97 Å². The van der Waals surface area contributed by atoms with E-state index in [1.165, 1.54) is 0 Å². The third-order valence-electron chi connectivity index (χ3n) is 3.94. The standard InChI is InChI=1S/C14H20N2O3/c1-8-4-6-16(7-5-8)13(17)11-9(2)12(14(18)19)15-10(11)3/h8,15H,4-7H2,1-3H3,(H,18,19). The van der Waals surface area contributed by atoms with E-state index in [-0.39, 0.29) is 11.6 Å². The number of carboxylic acids is 1. The molecule has 0 bridgehead atoms. The minimum atomic E-state index is -1.02. The first-order valence-electron chi connectivity index (χ1n) is 6.63. The van der Waals surface area contributed by atoms with Crippen LogP contribution in [0.25, 0.3) is 0 Å². The molecule has 0 aromatic carbocycles. The Kier molecular flexibility index (Phi) is 3.64. The zero-order valence-electron chi connectivity index (χ0n) is 11.6. The Labute approximate surface area is 112 Å². The lowest BCUT2D eigenvalue weighted by Gasteiger charge is -2.30. The fourth-order valence-corrected chi connectivity index (χ4v) is 2.65. The Morgan fingerprint density at radius 1 is 1.26 bits per heavy atom. The van der Waals surface area contributed by atoms with Crippen LogP contribution in [0, 0.1) is 19.8 Å². The molecule has 5 nitrogen and oxygen atoms in total. The summed E-state index contributed by atoms with van der Waals surface area (Å²) in [5.74, 6) is -0.412. The van der Waals surface area contributed by atoms with Crippen LogP contribution >= 0.6 is 0 Å². The van der Waals surface area contributed by atoms with E-state index in [9.17, 15) is 9.59 Å². The van der Waals surface area contributed by atoms with Gasteiger partial charge in [0.2, 0.25) is 0 Å². The number of aromatic nitrogens is 1. The number of piperidine rings is 1.